The fraction of sp³-hybridized carbons (Fsp3) is 0.286. The van der Waals surface area contributed by atoms with Gasteiger partial charge in [0, 0.05) is 6.42 Å². The van der Waals surface area contributed by atoms with Gasteiger partial charge in [-0.05, 0) is 59.4 Å². The molecule has 0 aliphatic carbocycles. The Balaban J connectivity index is 2.37. The number of aromatic hydroxyl groups is 1. The van der Waals surface area contributed by atoms with Crippen LogP contribution in [0.3, 0.4) is 0 Å². The summed E-state index contributed by atoms with van der Waals surface area (Å²) >= 11 is 0. The minimum absolute atomic E-state index is 0.229. The van der Waals surface area contributed by atoms with Gasteiger partial charge in [-0.3, -0.25) is 4.79 Å². The SMILES string of the molecule is CCC(=O)Oc1ccc(C(CC)=C(CC)c2ccc(O)cc2)cc1. The number of phenolic OH excluding ortho intramolecular Hbond substituents is 1. The zero-order chi connectivity index (χ0) is 17.5. The number of benzene rings is 2. The van der Waals surface area contributed by atoms with Crippen molar-refractivity contribution in [1.29, 1.82) is 0 Å². The summed E-state index contributed by atoms with van der Waals surface area (Å²) in [5.74, 6) is 0.616. The van der Waals surface area contributed by atoms with E-state index in [4.69, 9.17) is 4.74 Å². The zero-order valence-electron chi connectivity index (χ0n) is 14.5. The van der Waals surface area contributed by atoms with Crippen LogP contribution in [0.15, 0.2) is 48.5 Å². The lowest BCUT2D eigenvalue weighted by Gasteiger charge is -2.14. The Bertz CT molecular complexity index is 710. The molecule has 3 heteroatoms. The van der Waals surface area contributed by atoms with Crippen LogP contribution in [0.4, 0.5) is 0 Å². The average molecular weight is 324 g/mol. The van der Waals surface area contributed by atoms with Crippen molar-refractivity contribution in [3.8, 4) is 11.5 Å². The van der Waals surface area contributed by atoms with Crippen LogP contribution >= 0.6 is 0 Å². The predicted molar refractivity (Wildman–Crippen MR) is 97.9 cm³/mol. The predicted octanol–water partition coefficient (Wildman–Crippen LogP) is 5.44. The van der Waals surface area contributed by atoms with Crippen molar-refractivity contribution in [2.45, 2.75) is 40.0 Å². The molecule has 0 spiro atoms. The summed E-state index contributed by atoms with van der Waals surface area (Å²) in [6, 6.07) is 15.0. The number of hydrogen-bond donors (Lipinski definition) is 1. The molecule has 0 aromatic heterocycles. The molecular weight excluding hydrogens is 300 g/mol. The maximum Gasteiger partial charge on any atom is 0.310 e. The average Bonchev–Trinajstić information content (AvgIpc) is 2.61. The molecule has 2 aromatic rings. The second kappa shape index (κ2) is 8.34. The van der Waals surface area contributed by atoms with Crippen molar-refractivity contribution < 1.29 is 14.6 Å². The number of hydrogen-bond acceptors (Lipinski definition) is 3. The summed E-state index contributed by atoms with van der Waals surface area (Å²) in [7, 11) is 0. The van der Waals surface area contributed by atoms with E-state index in [9.17, 15) is 9.90 Å². The third kappa shape index (κ3) is 4.25. The van der Waals surface area contributed by atoms with E-state index in [1.165, 1.54) is 11.1 Å². The lowest BCUT2D eigenvalue weighted by Crippen LogP contribution is -2.05. The van der Waals surface area contributed by atoms with Crippen LogP contribution in [0.1, 0.15) is 51.2 Å². The first kappa shape index (κ1) is 17.8. The van der Waals surface area contributed by atoms with Crippen LogP contribution in [-0.4, -0.2) is 11.1 Å². The highest BCUT2D eigenvalue weighted by atomic mass is 16.5. The number of esters is 1. The Morgan fingerprint density at radius 2 is 1.25 bits per heavy atom. The van der Waals surface area contributed by atoms with Crippen molar-refractivity contribution in [1.82, 2.24) is 0 Å². The van der Waals surface area contributed by atoms with Crippen molar-refractivity contribution in [2.24, 2.45) is 0 Å². The number of rotatable bonds is 6. The highest BCUT2D eigenvalue weighted by Gasteiger charge is 2.10. The van der Waals surface area contributed by atoms with Crippen molar-refractivity contribution in [3.05, 3.63) is 59.7 Å². The van der Waals surface area contributed by atoms with Gasteiger partial charge in [0.05, 0.1) is 0 Å². The topological polar surface area (TPSA) is 46.5 Å². The Kier molecular flexibility index (Phi) is 6.19. The molecule has 24 heavy (non-hydrogen) atoms. The Hall–Kier alpha value is -2.55. The first-order valence-corrected chi connectivity index (χ1v) is 8.41. The maximum atomic E-state index is 11.4. The number of carbonyl (C=O) groups excluding carboxylic acids is 1. The largest absolute Gasteiger partial charge is 0.508 e. The molecule has 0 saturated heterocycles. The van der Waals surface area contributed by atoms with E-state index in [1.807, 2.05) is 36.4 Å². The fourth-order valence-corrected chi connectivity index (χ4v) is 2.77. The third-order valence-electron chi connectivity index (χ3n) is 4.01. The molecule has 0 aliphatic heterocycles. The van der Waals surface area contributed by atoms with Crippen molar-refractivity contribution in [2.75, 3.05) is 0 Å². The summed E-state index contributed by atoms with van der Waals surface area (Å²) in [5.41, 5.74) is 4.76. The number of carbonyl (C=O) groups is 1. The standard InChI is InChI=1S/C21H24O3/c1-4-19(15-7-11-17(22)12-8-15)20(5-2)16-9-13-18(14-10-16)24-21(23)6-3/h7-14,22H,4-6H2,1-3H3. The zero-order valence-corrected chi connectivity index (χ0v) is 14.5. The van der Waals surface area contributed by atoms with Crippen molar-refractivity contribution >= 4 is 17.1 Å². The molecule has 0 radical (unpaired) electrons. The van der Waals surface area contributed by atoms with Gasteiger partial charge in [-0.1, -0.05) is 45.0 Å². The monoisotopic (exact) mass is 324 g/mol. The van der Waals surface area contributed by atoms with Crippen LogP contribution in [0.25, 0.3) is 11.1 Å². The van der Waals surface area contributed by atoms with Crippen LogP contribution in [0, 0.1) is 0 Å². The van der Waals surface area contributed by atoms with E-state index >= 15 is 0 Å². The van der Waals surface area contributed by atoms with Gasteiger partial charge in [-0.15, -0.1) is 0 Å². The Morgan fingerprint density at radius 3 is 1.67 bits per heavy atom. The van der Waals surface area contributed by atoms with Crippen LogP contribution in [0.2, 0.25) is 0 Å². The first-order chi connectivity index (χ1) is 11.6. The summed E-state index contributed by atoms with van der Waals surface area (Å²) in [4.78, 5) is 11.4. The van der Waals surface area contributed by atoms with Gasteiger partial charge in [0.2, 0.25) is 0 Å². The summed E-state index contributed by atoms with van der Waals surface area (Å²) in [6.07, 6.45) is 2.17. The molecule has 0 saturated carbocycles. The lowest BCUT2D eigenvalue weighted by molar-refractivity contribution is -0.134. The van der Waals surface area contributed by atoms with E-state index in [-0.39, 0.29) is 11.7 Å². The molecule has 0 fully saturated rings. The lowest BCUT2D eigenvalue weighted by atomic mass is 9.91. The quantitative estimate of drug-likeness (QED) is 0.437. The molecule has 0 bridgehead atoms. The summed E-state index contributed by atoms with van der Waals surface area (Å²) in [6.45, 7) is 6.05. The molecule has 2 aromatic carbocycles. The number of allylic oxidation sites excluding steroid dienone is 2. The molecule has 2 rings (SSSR count). The van der Waals surface area contributed by atoms with Crippen LogP contribution in [0.5, 0.6) is 11.5 Å². The molecular formula is C21H24O3. The molecule has 0 atom stereocenters. The third-order valence-corrected chi connectivity index (χ3v) is 4.01. The van der Waals surface area contributed by atoms with Gasteiger partial charge >= 0.3 is 5.97 Å². The van der Waals surface area contributed by atoms with E-state index in [2.05, 4.69) is 13.8 Å². The van der Waals surface area contributed by atoms with Gasteiger partial charge in [-0.25, -0.2) is 0 Å². The van der Waals surface area contributed by atoms with Gasteiger partial charge < -0.3 is 9.84 Å². The molecule has 0 amide bonds. The molecule has 0 heterocycles. The van der Waals surface area contributed by atoms with E-state index in [0.29, 0.717) is 12.2 Å². The van der Waals surface area contributed by atoms with Crippen LogP contribution < -0.4 is 4.74 Å². The second-order valence-electron chi connectivity index (χ2n) is 5.56. The molecule has 0 unspecified atom stereocenters. The van der Waals surface area contributed by atoms with Gasteiger partial charge in [0.15, 0.2) is 0 Å². The van der Waals surface area contributed by atoms with Crippen LogP contribution in [-0.2, 0) is 4.79 Å². The number of ether oxygens (including phenoxy) is 1. The van der Waals surface area contributed by atoms with E-state index in [1.54, 1.807) is 19.1 Å². The summed E-state index contributed by atoms with van der Waals surface area (Å²) in [5, 5.41) is 9.49. The summed E-state index contributed by atoms with van der Waals surface area (Å²) < 4.78 is 5.23. The molecule has 0 aliphatic rings. The second-order valence-corrected chi connectivity index (χ2v) is 5.56. The normalized spacial score (nSPS) is 11.8. The van der Waals surface area contributed by atoms with Gasteiger partial charge in [-0.2, -0.15) is 0 Å². The minimum Gasteiger partial charge on any atom is -0.508 e. The maximum absolute atomic E-state index is 11.4. The van der Waals surface area contributed by atoms with E-state index < -0.39 is 0 Å². The minimum atomic E-state index is -0.229. The molecule has 126 valence electrons. The first-order valence-electron chi connectivity index (χ1n) is 8.41. The Labute approximate surface area is 143 Å². The van der Waals surface area contributed by atoms with Gasteiger partial charge in [0.25, 0.3) is 0 Å². The number of phenols is 1. The molecule has 1 N–H and O–H groups in total. The van der Waals surface area contributed by atoms with Gasteiger partial charge in [0.1, 0.15) is 11.5 Å². The smallest absolute Gasteiger partial charge is 0.310 e. The molecule has 3 nitrogen and oxygen atoms in total. The van der Waals surface area contributed by atoms with Crippen molar-refractivity contribution in [3.63, 3.8) is 0 Å². The fourth-order valence-electron chi connectivity index (χ4n) is 2.77. The highest BCUT2D eigenvalue weighted by molar-refractivity contribution is 5.90. The van der Waals surface area contributed by atoms with E-state index in [0.717, 1.165) is 24.0 Å². The Morgan fingerprint density at radius 1 is 0.792 bits per heavy atom. The highest BCUT2D eigenvalue weighted by Crippen LogP contribution is 2.32.